The van der Waals surface area contributed by atoms with Crippen LogP contribution in [0.4, 0.5) is 8.78 Å². The lowest BCUT2D eigenvalue weighted by Crippen LogP contribution is -2.51. The van der Waals surface area contributed by atoms with Crippen LogP contribution in [0, 0.1) is 25.5 Å². The number of aryl methyl sites for hydroxylation is 2. The van der Waals surface area contributed by atoms with Gasteiger partial charge in [-0.15, -0.1) is 0 Å². The predicted molar refractivity (Wildman–Crippen MR) is 136 cm³/mol. The van der Waals surface area contributed by atoms with Crippen molar-refractivity contribution in [2.45, 2.75) is 58.0 Å². The summed E-state index contributed by atoms with van der Waals surface area (Å²) in [5.74, 6) is -1.22. The second kappa shape index (κ2) is 11.7. The van der Waals surface area contributed by atoms with Gasteiger partial charge in [-0.05, 0) is 85.5 Å². The van der Waals surface area contributed by atoms with E-state index in [0.29, 0.717) is 25.1 Å². The van der Waals surface area contributed by atoms with Crippen LogP contribution in [-0.4, -0.2) is 35.2 Å². The summed E-state index contributed by atoms with van der Waals surface area (Å²) in [6.45, 7) is 6.06. The third-order valence-corrected chi connectivity index (χ3v) is 7.15. The second-order valence-electron chi connectivity index (χ2n) is 9.66. The van der Waals surface area contributed by atoms with E-state index in [1.807, 2.05) is 49.1 Å². The summed E-state index contributed by atoms with van der Waals surface area (Å²) >= 11 is 0. The summed E-state index contributed by atoms with van der Waals surface area (Å²) in [5, 5.41) is 9.18. The molecule has 36 heavy (non-hydrogen) atoms. The molecule has 2 atom stereocenters. The Morgan fingerprint density at radius 1 is 1.03 bits per heavy atom. The Morgan fingerprint density at radius 2 is 1.81 bits per heavy atom. The van der Waals surface area contributed by atoms with Gasteiger partial charge in [-0.3, -0.25) is 9.69 Å². The van der Waals surface area contributed by atoms with Crippen LogP contribution in [0.1, 0.15) is 59.4 Å². The lowest BCUT2D eigenvalue weighted by molar-refractivity contribution is -0.148. The Hall–Kier alpha value is -3.25. The van der Waals surface area contributed by atoms with Crippen LogP contribution >= 0.6 is 0 Å². The summed E-state index contributed by atoms with van der Waals surface area (Å²) in [4.78, 5) is 13.1. The van der Waals surface area contributed by atoms with Gasteiger partial charge in [0.2, 0.25) is 0 Å². The third kappa shape index (κ3) is 6.30. The Balaban J connectivity index is 1.30. The van der Waals surface area contributed by atoms with Crippen molar-refractivity contribution in [2.24, 2.45) is 0 Å². The van der Waals surface area contributed by atoms with E-state index >= 15 is 0 Å². The zero-order chi connectivity index (χ0) is 25.7. The van der Waals surface area contributed by atoms with Gasteiger partial charge in [0.15, 0.2) is 0 Å². The lowest BCUT2D eigenvalue weighted by atomic mass is 9.85. The topological polar surface area (TPSA) is 49.8 Å². The van der Waals surface area contributed by atoms with E-state index in [1.54, 1.807) is 6.07 Å². The van der Waals surface area contributed by atoms with Crippen molar-refractivity contribution in [2.75, 3.05) is 13.2 Å². The van der Waals surface area contributed by atoms with E-state index in [-0.39, 0.29) is 12.0 Å². The number of carboxylic acids is 1. The number of halogens is 2. The molecule has 0 aromatic heterocycles. The second-order valence-corrected chi connectivity index (χ2v) is 9.66. The number of hydrogen-bond acceptors (Lipinski definition) is 3. The van der Waals surface area contributed by atoms with Gasteiger partial charge >= 0.3 is 5.97 Å². The van der Waals surface area contributed by atoms with Gasteiger partial charge in [-0.25, -0.2) is 8.78 Å². The maximum Gasteiger partial charge on any atom is 0.320 e. The minimum atomic E-state index is -0.761. The van der Waals surface area contributed by atoms with Crippen molar-refractivity contribution < 1.29 is 23.4 Å². The summed E-state index contributed by atoms with van der Waals surface area (Å²) in [7, 11) is 0. The summed E-state index contributed by atoms with van der Waals surface area (Å²) in [6.07, 6.45) is 3.07. The number of benzene rings is 3. The van der Waals surface area contributed by atoms with E-state index in [0.717, 1.165) is 54.3 Å². The molecule has 1 N–H and O–H groups in total. The quantitative estimate of drug-likeness (QED) is 0.305. The van der Waals surface area contributed by atoms with Crippen molar-refractivity contribution >= 4 is 5.97 Å². The van der Waals surface area contributed by atoms with Crippen LogP contribution in [0.25, 0.3) is 0 Å². The molecule has 3 aromatic carbocycles. The predicted octanol–water partition coefficient (Wildman–Crippen LogP) is 6.62. The summed E-state index contributed by atoms with van der Waals surface area (Å²) in [5.41, 5.74) is 4.95. The molecule has 1 saturated heterocycles. The van der Waals surface area contributed by atoms with Gasteiger partial charge < -0.3 is 9.84 Å². The highest BCUT2D eigenvalue weighted by atomic mass is 19.1. The fourth-order valence-electron chi connectivity index (χ4n) is 4.74. The molecule has 4 rings (SSSR count). The first-order valence-corrected chi connectivity index (χ1v) is 12.5. The van der Waals surface area contributed by atoms with Gasteiger partial charge in [-0.2, -0.15) is 0 Å². The molecule has 0 radical (unpaired) electrons. The fraction of sp³-hybridized carbons (Fsp3) is 0.367. The molecular weight excluding hydrogens is 460 g/mol. The van der Waals surface area contributed by atoms with Crippen molar-refractivity contribution in [1.29, 1.82) is 0 Å². The highest BCUT2D eigenvalue weighted by molar-refractivity contribution is 5.74. The molecule has 0 bridgehead atoms. The molecule has 190 valence electrons. The molecule has 1 fully saturated rings. The van der Waals surface area contributed by atoms with Gasteiger partial charge in [0, 0.05) is 25.1 Å². The Labute approximate surface area is 211 Å². The van der Waals surface area contributed by atoms with Crippen molar-refractivity contribution in [3.63, 3.8) is 0 Å². The van der Waals surface area contributed by atoms with Crippen LogP contribution in [0.5, 0.6) is 5.75 Å². The van der Waals surface area contributed by atoms with Crippen LogP contribution < -0.4 is 4.74 Å². The molecular formula is C30H33F2NO3. The van der Waals surface area contributed by atoms with Gasteiger partial charge in [0.05, 0.1) is 6.61 Å². The zero-order valence-electron chi connectivity index (χ0n) is 20.8. The maximum atomic E-state index is 14.7. The van der Waals surface area contributed by atoms with Gasteiger partial charge in [-0.1, -0.05) is 36.4 Å². The normalized spacial score (nSPS) is 16.4. The standard InChI is InChI=1S/C30H33F2NO3/c1-20-6-9-23(17-21(20)2)26(27-13-10-24(31)18-28(27)32)5-3-4-16-36-25-11-7-22(8-12-25)19-33-15-14-29(33)30(34)35/h6-13,17-18,26,29H,3-5,14-16,19H2,1-2H3,(H,34,35). The highest BCUT2D eigenvalue weighted by Crippen LogP contribution is 2.33. The van der Waals surface area contributed by atoms with E-state index in [1.165, 1.54) is 11.6 Å². The lowest BCUT2D eigenvalue weighted by Gasteiger charge is -2.37. The molecule has 1 aliphatic heterocycles. The zero-order valence-corrected chi connectivity index (χ0v) is 20.8. The van der Waals surface area contributed by atoms with Gasteiger partial charge in [0.1, 0.15) is 23.4 Å². The number of likely N-dealkylation sites (tertiary alicyclic amines) is 1. The Morgan fingerprint density at radius 3 is 2.44 bits per heavy atom. The van der Waals surface area contributed by atoms with Crippen LogP contribution in [0.2, 0.25) is 0 Å². The number of aliphatic carboxylic acids is 1. The molecule has 0 amide bonds. The van der Waals surface area contributed by atoms with E-state index in [9.17, 15) is 18.7 Å². The van der Waals surface area contributed by atoms with Gasteiger partial charge in [0.25, 0.3) is 0 Å². The minimum Gasteiger partial charge on any atom is -0.494 e. The molecule has 0 saturated carbocycles. The monoisotopic (exact) mass is 493 g/mol. The molecule has 6 heteroatoms. The first-order valence-electron chi connectivity index (χ1n) is 12.5. The van der Waals surface area contributed by atoms with Crippen LogP contribution in [0.3, 0.4) is 0 Å². The fourth-order valence-corrected chi connectivity index (χ4v) is 4.74. The average Bonchev–Trinajstić information content (AvgIpc) is 2.82. The molecule has 0 spiro atoms. The first-order chi connectivity index (χ1) is 17.3. The number of unbranched alkanes of at least 4 members (excludes halogenated alkanes) is 1. The molecule has 1 heterocycles. The largest absolute Gasteiger partial charge is 0.494 e. The van der Waals surface area contributed by atoms with E-state index in [4.69, 9.17) is 4.74 Å². The number of carbonyl (C=O) groups is 1. The number of ether oxygens (including phenoxy) is 1. The van der Waals surface area contributed by atoms with Crippen molar-refractivity contribution in [3.05, 3.63) is 100 Å². The van der Waals surface area contributed by atoms with Crippen molar-refractivity contribution in [3.8, 4) is 5.75 Å². The number of rotatable bonds is 11. The number of hydrogen-bond donors (Lipinski definition) is 1. The molecule has 1 aliphatic rings. The smallest absolute Gasteiger partial charge is 0.320 e. The Kier molecular flexibility index (Phi) is 8.36. The first kappa shape index (κ1) is 25.8. The molecule has 4 nitrogen and oxygen atoms in total. The molecule has 2 unspecified atom stereocenters. The molecule has 3 aromatic rings. The van der Waals surface area contributed by atoms with E-state index < -0.39 is 17.6 Å². The third-order valence-electron chi connectivity index (χ3n) is 7.15. The van der Waals surface area contributed by atoms with Crippen LogP contribution in [-0.2, 0) is 11.3 Å². The Bertz CT molecular complexity index is 1200. The summed E-state index contributed by atoms with van der Waals surface area (Å²) in [6, 6.07) is 17.4. The minimum absolute atomic E-state index is 0.152. The average molecular weight is 494 g/mol. The highest BCUT2D eigenvalue weighted by Gasteiger charge is 2.33. The molecule has 0 aliphatic carbocycles. The number of carboxylic acid groups (broad SMARTS) is 1. The summed E-state index contributed by atoms with van der Waals surface area (Å²) < 4.78 is 34.1. The van der Waals surface area contributed by atoms with E-state index in [2.05, 4.69) is 12.1 Å². The SMILES string of the molecule is Cc1ccc(C(CCCCOc2ccc(CN3CCC3C(=O)O)cc2)c2ccc(F)cc2F)cc1C. The van der Waals surface area contributed by atoms with Crippen molar-refractivity contribution in [1.82, 2.24) is 4.90 Å². The number of nitrogens with zero attached hydrogens (tertiary/aromatic N) is 1. The maximum absolute atomic E-state index is 14.7. The van der Waals surface area contributed by atoms with Crippen LogP contribution in [0.15, 0.2) is 60.7 Å².